The lowest BCUT2D eigenvalue weighted by Crippen LogP contribution is -2.38. The van der Waals surface area contributed by atoms with Crippen molar-refractivity contribution >= 4 is 41.2 Å². The molecule has 2 aromatic carbocycles. The number of rotatable bonds is 8. The van der Waals surface area contributed by atoms with Crippen LogP contribution in [-0.4, -0.2) is 43.7 Å². The molecule has 1 aliphatic rings. The Hall–Kier alpha value is -3.59. The van der Waals surface area contributed by atoms with Crippen molar-refractivity contribution in [1.82, 2.24) is 10.7 Å². The van der Waals surface area contributed by atoms with Crippen LogP contribution in [0.3, 0.4) is 0 Å². The van der Waals surface area contributed by atoms with E-state index in [2.05, 4.69) is 21.2 Å². The highest BCUT2D eigenvalue weighted by molar-refractivity contribution is 6.35. The summed E-state index contributed by atoms with van der Waals surface area (Å²) in [5.74, 6) is -1.47. The number of hydrazone groups is 1. The van der Waals surface area contributed by atoms with Crippen molar-refractivity contribution in [3.05, 3.63) is 52.5 Å². The van der Waals surface area contributed by atoms with Gasteiger partial charge in [0.15, 0.2) is 18.1 Å². The lowest BCUT2D eigenvalue weighted by Gasteiger charge is -2.13. The first-order chi connectivity index (χ1) is 15.4. The number of amides is 3. The maximum atomic E-state index is 12.2. The molecule has 1 fully saturated rings. The van der Waals surface area contributed by atoms with Crippen LogP contribution in [-0.2, 0) is 14.4 Å². The van der Waals surface area contributed by atoms with E-state index in [9.17, 15) is 14.4 Å². The summed E-state index contributed by atoms with van der Waals surface area (Å²) in [6, 6.07) is 10.5. The molecule has 10 heteroatoms. The third kappa shape index (κ3) is 6.71. The monoisotopic (exact) mass is 458 g/mol. The summed E-state index contributed by atoms with van der Waals surface area (Å²) in [5.41, 5.74) is 4.38. The number of carbonyl (C=O) groups excluding carboxylic acids is 3. The van der Waals surface area contributed by atoms with Crippen LogP contribution in [0.25, 0.3) is 0 Å². The van der Waals surface area contributed by atoms with E-state index in [0.717, 1.165) is 18.4 Å². The summed E-state index contributed by atoms with van der Waals surface area (Å²) >= 11 is 6.28. The average molecular weight is 459 g/mol. The predicted octanol–water partition coefficient (Wildman–Crippen LogP) is 2.40. The minimum absolute atomic E-state index is 0.0758. The Bertz CT molecular complexity index is 1040. The summed E-state index contributed by atoms with van der Waals surface area (Å²) in [4.78, 5) is 35.5. The number of halogens is 1. The van der Waals surface area contributed by atoms with Crippen LogP contribution in [0.2, 0.25) is 5.02 Å². The zero-order valence-electron chi connectivity index (χ0n) is 17.6. The number of benzene rings is 2. The standard InChI is InChI=1S/C22H23ClN4O5/c1-13-3-5-15(6-4-13)25-19(28)12-32-20-17(23)9-14(10-18(20)31-2)11-24-27-22(30)21(29)26-16-7-8-16/h3-6,9-11,16H,7-8,12H2,1-2H3,(H,25,28)(H,26,29)(H,27,30)/b24-11-. The molecule has 168 valence electrons. The second kappa shape index (κ2) is 10.6. The molecule has 0 unspecified atom stereocenters. The molecule has 9 nitrogen and oxygen atoms in total. The Balaban J connectivity index is 1.57. The van der Waals surface area contributed by atoms with Crippen molar-refractivity contribution in [3.63, 3.8) is 0 Å². The molecule has 0 atom stereocenters. The second-order valence-corrected chi connectivity index (χ2v) is 7.59. The molecule has 1 aliphatic carbocycles. The van der Waals surface area contributed by atoms with Crippen molar-refractivity contribution < 1.29 is 23.9 Å². The van der Waals surface area contributed by atoms with Crippen molar-refractivity contribution in [2.45, 2.75) is 25.8 Å². The van der Waals surface area contributed by atoms with E-state index in [0.29, 0.717) is 11.3 Å². The maximum Gasteiger partial charge on any atom is 0.329 e. The average Bonchev–Trinajstić information content (AvgIpc) is 3.58. The topological polar surface area (TPSA) is 118 Å². The van der Waals surface area contributed by atoms with Gasteiger partial charge in [-0.05, 0) is 49.6 Å². The summed E-state index contributed by atoms with van der Waals surface area (Å²) in [5, 5.41) is 9.24. The van der Waals surface area contributed by atoms with E-state index >= 15 is 0 Å². The molecular formula is C22H23ClN4O5. The fourth-order valence-electron chi connectivity index (χ4n) is 2.62. The summed E-state index contributed by atoms with van der Waals surface area (Å²) < 4.78 is 10.8. The number of hydrogen-bond acceptors (Lipinski definition) is 6. The van der Waals surface area contributed by atoms with Crippen molar-refractivity contribution in [3.8, 4) is 11.5 Å². The van der Waals surface area contributed by atoms with Crippen LogP contribution in [0, 0.1) is 6.92 Å². The fraction of sp³-hybridized carbons (Fsp3) is 0.273. The van der Waals surface area contributed by atoms with Gasteiger partial charge in [0, 0.05) is 11.7 Å². The Morgan fingerprint density at radius 2 is 1.88 bits per heavy atom. The molecule has 32 heavy (non-hydrogen) atoms. The summed E-state index contributed by atoms with van der Waals surface area (Å²) in [6.45, 7) is 1.68. The molecule has 0 heterocycles. The van der Waals surface area contributed by atoms with Gasteiger partial charge in [-0.2, -0.15) is 5.10 Å². The normalized spacial score (nSPS) is 12.8. The lowest BCUT2D eigenvalue weighted by atomic mass is 10.2. The van der Waals surface area contributed by atoms with Gasteiger partial charge in [0.25, 0.3) is 5.91 Å². The highest BCUT2D eigenvalue weighted by Gasteiger charge is 2.26. The summed E-state index contributed by atoms with van der Waals surface area (Å²) in [6.07, 6.45) is 3.07. The van der Waals surface area contributed by atoms with Gasteiger partial charge in [-0.3, -0.25) is 14.4 Å². The highest BCUT2D eigenvalue weighted by atomic mass is 35.5. The van der Waals surface area contributed by atoms with Gasteiger partial charge >= 0.3 is 11.8 Å². The molecule has 1 saturated carbocycles. The molecule has 0 bridgehead atoms. The zero-order valence-corrected chi connectivity index (χ0v) is 18.4. The minimum atomic E-state index is -0.856. The van der Waals surface area contributed by atoms with Gasteiger partial charge in [-0.25, -0.2) is 5.43 Å². The van der Waals surface area contributed by atoms with Crippen LogP contribution in [0.1, 0.15) is 24.0 Å². The molecule has 3 N–H and O–H groups in total. The number of nitrogens with zero attached hydrogens (tertiary/aromatic N) is 1. The first-order valence-electron chi connectivity index (χ1n) is 9.86. The number of hydrogen-bond donors (Lipinski definition) is 3. The summed E-state index contributed by atoms with van der Waals surface area (Å²) in [7, 11) is 1.43. The van der Waals surface area contributed by atoms with E-state index in [1.54, 1.807) is 18.2 Å². The maximum absolute atomic E-state index is 12.2. The Morgan fingerprint density at radius 3 is 2.53 bits per heavy atom. The predicted molar refractivity (Wildman–Crippen MR) is 120 cm³/mol. The molecule has 0 aliphatic heterocycles. The van der Waals surface area contributed by atoms with E-state index in [1.165, 1.54) is 19.4 Å². The SMILES string of the molecule is COc1cc(/C=N\NC(=O)C(=O)NC2CC2)cc(Cl)c1OCC(=O)Nc1ccc(C)cc1. The third-order valence-electron chi connectivity index (χ3n) is 4.43. The molecule has 0 spiro atoms. The number of carbonyl (C=O) groups is 3. The fourth-order valence-corrected chi connectivity index (χ4v) is 2.89. The minimum Gasteiger partial charge on any atom is -0.493 e. The van der Waals surface area contributed by atoms with E-state index in [1.807, 2.05) is 19.1 Å². The van der Waals surface area contributed by atoms with E-state index < -0.39 is 11.8 Å². The van der Waals surface area contributed by atoms with Gasteiger partial charge in [0.1, 0.15) is 0 Å². The van der Waals surface area contributed by atoms with Crippen LogP contribution in [0.5, 0.6) is 11.5 Å². The van der Waals surface area contributed by atoms with Crippen molar-refractivity contribution in [1.29, 1.82) is 0 Å². The molecular weight excluding hydrogens is 436 g/mol. The molecule has 3 rings (SSSR count). The number of anilines is 1. The van der Waals surface area contributed by atoms with Gasteiger partial charge in [-0.1, -0.05) is 29.3 Å². The molecule has 2 aromatic rings. The van der Waals surface area contributed by atoms with Crippen LogP contribution in [0.4, 0.5) is 5.69 Å². The molecule has 3 amide bonds. The number of methoxy groups -OCH3 is 1. The van der Waals surface area contributed by atoms with Gasteiger partial charge in [0.05, 0.1) is 18.3 Å². The zero-order chi connectivity index (χ0) is 23.1. The van der Waals surface area contributed by atoms with Crippen molar-refractivity contribution in [2.75, 3.05) is 19.0 Å². The van der Waals surface area contributed by atoms with Crippen molar-refractivity contribution in [2.24, 2.45) is 5.10 Å². The Labute approximate surface area is 190 Å². The molecule has 0 radical (unpaired) electrons. The van der Waals surface area contributed by atoms with E-state index in [4.69, 9.17) is 21.1 Å². The van der Waals surface area contributed by atoms with Gasteiger partial charge < -0.3 is 20.1 Å². The number of aryl methyl sites for hydroxylation is 1. The molecule has 0 aromatic heterocycles. The highest BCUT2D eigenvalue weighted by Crippen LogP contribution is 2.36. The third-order valence-corrected chi connectivity index (χ3v) is 4.71. The first kappa shape index (κ1) is 23.1. The van der Waals surface area contributed by atoms with E-state index in [-0.39, 0.29) is 35.1 Å². The smallest absolute Gasteiger partial charge is 0.329 e. The first-order valence-corrected chi connectivity index (χ1v) is 10.2. The van der Waals surface area contributed by atoms with Gasteiger partial charge in [-0.15, -0.1) is 0 Å². The molecule has 0 saturated heterocycles. The van der Waals surface area contributed by atoms with Crippen LogP contribution < -0.4 is 25.5 Å². The second-order valence-electron chi connectivity index (χ2n) is 7.18. The Kier molecular flexibility index (Phi) is 7.67. The largest absolute Gasteiger partial charge is 0.493 e. The Morgan fingerprint density at radius 1 is 1.16 bits per heavy atom. The lowest BCUT2D eigenvalue weighted by molar-refractivity contribution is -0.139. The number of ether oxygens (including phenoxy) is 2. The van der Waals surface area contributed by atoms with Crippen LogP contribution in [0.15, 0.2) is 41.5 Å². The van der Waals surface area contributed by atoms with Crippen LogP contribution >= 0.6 is 11.6 Å². The number of nitrogens with one attached hydrogen (secondary N) is 3. The quantitative estimate of drug-likeness (QED) is 0.319. The van der Waals surface area contributed by atoms with Gasteiger partial charge in [0.2, 0.25) is 0 Å².